The molecule has 2 aliphatic carbocycles. The SMILES string of the molecule is CCCc1cc(C2=CCC=C3C(=N)CCC3=C2)c(-c2ccncc2)o1. The summed E-state index contributed by atoms with van der Waals surface area (Å²) >= 11 is 0. The smallest absolute Gasteiger partial charge is 0.142 e. The first-order chi connectivity index (χ1) is 12.3. The lowest BCUT2D eigenvalue weighted by Crippen LogP contribution is -1.90. The average molecular weight is 330 g/mol. The van der Waals surface area contributed by atoms with Crippen LogP contribution in [-0.4, -0.2) is 10.7 Å². The third-order valence-corrected chi connectivity index (χ3v) is 4.84. The fourth-order valence-corrected chi connectivity index (χ4v) is 3.61. The number of aromatic nitrogens is 1. The predicted molar refractivity (Wildman–Crippen MR) is 102 cm³/mol. The highest BCUT2D eigenvalue weighted by atomic mass is 16.3. The van der Waals surface area contributed by atoms with Crippen LogP contribution in [-0.2, 0) is 6.42 Å². The fraction of sp³-hybridized carbons (Fsp3) is 0.273. The van der Waals surface area contributed by atoms with Crippen molar-refractivity contribution in [2.24, 2.45) is 0 Å². The molecule has 126 valence electrons. The number of furan rings is 1. The van der Waals surface area contributed by atoms with Crippen molar-refractivity contribution in [2.45, 2.75) is 39.0 Å². The zero-order valence-electron chi connectivity index (χ0n) is 14.5. The number of aryl methyl sites for hydroxylation is 1. The zero-order valence-corrected chi connectivity index (χ0v) is 14.5. The minimum atomic E-state index is 0.772. The second-order valence-corrected chi connectivity index (χ2v) is 6.60. The maximum Gasteiger partial charge on any atom is 0.142 e. The number of pyridine rings is 1. The van der Waals surface area contributed by atoms with Gasteiger partial charge in [0.2, 0.25) is 0 Å². The Bertz CT molecular complexity index is 897. The van der Waals surface area contributed by atoms with Gasteiger partial charge < -0.3 is 9.83 Å². The molecule has 0 unspecified atom stereocenters. The molecular formula is C22H22N2O. The van der Waals surface area contributed by atoms with E-state index in [2.05, 4.69) is 36.2 Å². The van der Waals surface area contributed by atoms with Crippen LogP contribution in [0.2, 0.25) is 0 Å². The average Bonchev–Trinajstić information content (AvgIpc) is 3.13. The van der Waals surface area contributed by atoms with Crippen LogP contribution in [0.5, 0.6) is 0 Å². The Labute approximate surface area is 148 Å². The Morgan fingerprint density at radius 3 is 2.80 bits per heavy atom. The van der Waals surface area contributed by atoms with E-state index >= 15 is 0 Å². The van der Waals surface area contributed by atoms with Crippen molar-refractivity contribution < 1.29 is 4.42 Å². The van der Waals surface area contributed by atoms with Gasteiger partial charge in [-0.15, -0.1) is 0 Å². The number of allylic oxidation sites excluding steroid dienone is 6. The molecule has 1 fully saturated rings. The molecule has 0 saturated heterocycles. The maximum absolute atomic E-state index is 8.12. The Morgan fingerprint density at radius 2 is 2.00 bits per heavy atom. The van der Waals surface area contributed by atoms with Crippen molar-refractivity contribution in [3.05, 3.63) is 71.3 Å². The third-order valence-electron chi connectivity index (χ3n) is 4.84. The number of nitrogens with one attached hydrogen (secondary N) is 1. The van der Waals surface area contributed by atoms with Crippen LogP contribution in [0.3, 0.4) is 0 Å². The summed E-state index contributed by atoms with van der Waals surface area (Å²) in [6.45, 7) is 2.17. The molecule has 4 rings (SSSR count). The molecule has 0 aromatic carbocycles. The Morgan fingerprint density at radius 1 is 1.16 bits per heavy atom. The molecule has 2 heterocycles. The molecule has 2 aromatic heterocycles. The summed E-state index contributed by atoms with van der Waals surface area (Å²) in [6, 6.07) is 6.18. The summed E-state index contributed by atoms with van der Waals surface area (Å²) in [7, 11) is 0. The van der Waals surface area contributed by atoms with Gasteiger partial charge in [-0.25, -0.2) is 0 Å². The first-order valence-corrected chi connectivity index (χ1v) is 8.98. The Kier molecular flexibility index (Phi) is 4.22. The molecule has 0 atom stereocenters. The van der Waals surface area contributed by atoms with E-state index in [0.717, 1.165) is 66.0 Å². The molecule has 3 heteroatoms. The number of nitrogens with zero attached hydrogens (tertiary/aromatic N) is 1. The largest absolute Gasteiger partial charge is 0.460 e. The predicted octanol–water partition coefficient (Wildman–Crippen LogP) is 5.75. The van der Waals surface area contributed by atoms with Gasteiger partial charge in [0, 0.05) is 35.7 Å². The molecule has 3 nitrogen and oxygen atoms in total. The lowest BCUT2D eigenvalue weighted by molar-refractivity contribution is 0.518. The molecule has 1 saturated carbocycles. The summed E-state index contributed by atoms with van der Waals surface area (Å²) in [4.78, 5) is 4.12. The van der Waals surface area contributed by atoms with E-state index in [0.29, 0.717) is 0 Å². The van der Waals surface area contributed by atoms with Crippen LogP contribution in [0, 0.1) is 5.41 Å². The summed E-state index contributed by atoms with van der Waals surface area (Å²) < 4.78 is 6.21. The second-order valence-electron chi connectivity index (χ2n) is 6.60. The van der Waals surface area contributed by atoms with Gasteiger partial charge in [-0.1, -0.05) is 25.2 Å². The number of hydrogen-bond donors (Lipinski definition) is 1. The molecule has 2 aromatic rings. The number of fused-ring (bicyclic) bond motifs is 1. The van der Waals surface area contributed by atoms with E-state index in [1.807, 2.05) is 12.1 Å². The van der Waals surface area contributed by atoms with Crippen LogP contribution < -0.4 is 0 Å². The minimum absolute atomic E-state index is 0.772. The number of rotatable bonds is 4. The summed E-state index contributed by atoms with van der Waals surface area (Å²) in [5.74, 6) is 1.95. The van der Waals surface area contributed by atoms with E-state index in [1.165, 1.54) is 11.1 Å². The fourth-order valence-electron chi connectivity index (χ4n) is 3.61. The first-order valence-electron chi connectivity index (χ1n) is 8.98. The maximum atomic E-state index is 8.12. The summed E-state index contributed by atoms with van der Waals surface area (Å²) in [5.41, 5.74) is 6.60. The molecule has 0 bridgehead atoms. The molecule has 0 aliphatic heterocycles. The quantitative estimate of drug-likeness (QED) is 0.776. The lowest BCUT2D eigenvalue weighted by atomic mass is 9.99. The van der Waals surface area contributed by atoms with Crippen LogP contribution in [0.25, 0.3) is 16.9 Å². The monoisotopic (exact) mass is 330 g/mol. The highest BCUT2D eigenvalue weighted by Crippen LogP contribution is 2.38. The molecular weight excluding hydrogens is 308 g/mol. The lowest BCUT2D eigenvalue weighted by Gasteiger charge is -2.05. The van der Waals surface area contributed by atoms with Crippen molar-refractivity contribution in [3.63, 3.8) is 0 Å². The first kappa shape index (κ1) is 15.8. The van der Waals surface area contributed by atoms with E-state index in [4.69, 9.17) is 9.83 Å². The third kappa shape index (κ3) is 3.02. The van der Waals surface area contributed by atoms with Crippen LogP contribution in [0.4, 0.5) is 0 Å². The topological polar surface area (TPSA) is 49.9 Å². The Balaban J connectivity index is 1.80. The Hall–Kier alpha value is -2.68. The van der Waals surface area contributed by atoms with Crippen molar-refractivity contribution in [2.75, 3.05) is 0 Å². The van der Waals surface area contributed by atoms with Gasteiger partial charge in [-0.05, 0) is 60.6 Å². The van der Waals surface area contributed by atoms with Gasteiger partial charge in [0.15, 0.2) is 0 Å². The van der Waals surface area contributed by atoms with Crippen molar-refractivity contribution >= 4 is 11.3 Å². The van der Waals surface area contributed by atoms with Crippen LogP contribution in [0.15, 0.2) is 64.4 Å². The van der Waals surface area contributed by atoms with Gasteiger partial charge in [0.25, 0.3) is 0 Å². The number of hydrogen-bond acceptors (Lipinski definition) is 3. The van der Waals surface area contributed by atoms with Crippen molar-refractivity contribution in [3.8, 4) is 11.3 Å². The van der Waals surface area contributed by atoms with Crippen LogP contribution in [0.1, 0.15) is 43.9 Å². The van der Waals surface area contributed by atoms with E-state index in [-0.39, 0.29) is 0 Å². The van der Waals surface area contributed by atoms with Crippen molar-refractivity contribution in [1.82, 2.24) is 4.98 Å². The van der Waals surface area contributed by atoms with Gasteiger partial charge in [0.1, 0.15) is 11.5 Å². The standard InChI is InChI=1S/C22H22N2O/c1-2-4-18-14-20(22(25-18)15-9-11-24-12-10-15)16-5-3-6-19-17(13-16)7-8-21(19)23/h5-6,9-14,23H,2-4,7-8H2,1H3. The molecule has 25 heavy (non-hydrogen) atoms. The molecule has 0 radical (unpaired) electrons. The summed E-state index contributed by atoms with van der Waals surface area (Å²) in [5, 5.41) is 8.12. The molecule has 1 N–H and O–H groups in total. The van der Waals surface area contributed by atoms with Gasteiger partial charge >= 0.3 is 0 Å². The van der Waals surface area contributed by atoms with E-state index in [9.17, 15) is 0 Å². The molecule has 2 aliphatic rings. The second kappa shape index (κ2) is 6.67. The zero-order chi connectivity index (χ0) is 17.2. The highest BCUT2D eigenvalue weighted by molar-refractivity contribution is 6.06. The normalized spacial score (nSPS) is 16.8. The van der Waals surface area contributed by atoms with Gasteiger partial charge in [0.05, 0.1) is 0 Å². The van der Waals surface area contributed by atoms with Crippen molar-refractivity contribution in [1.29, 1.82) is 5.41 Å². The minimum Gasteiger partial charge on any atom is -0.460 e. The van der Waals surface area contributed by atoms with Gasteiger partial charge in [-0.2, -0.15) is 0 Å². The van der Waals surface area contributed by atoms with E-state index < -0.39 is 0 Å². The van der Waals surface area contributed by atoms with Gasteiger partial charge in [-0.3, -0.25) is 4.98 Å². The summed E-state index contributed by atoms with van der Waals surface area (Å²) in [6.07, 6.45) is 15.0. The molecule has 0 spiro atoms. The molecule has 0 amide bonds. The van der Waals surface area contributed by atoms with Crippen LogP contribution >= 0.6 is 0 Å². The van der Waals surface area contributed by atoms with E-state index in [1.54, 1.807) is 12.4 Å². The highest BCUT2D eigenvalue weighted by Gasteiger charge is 2.22.